The SMILES string of the molecule is CCC1CCNC(c2nc(CC(F)(F)F)no2)C1. The van der Waals surface area contributed by atoms with Gasteiger partial charge in [-0.15, -0.1) is 0 Å². The van der Waals surface area contributed by atoms with Crippen molar-refractivity contribution < 1.29 is 17.7 Å². The lowest BCUT2D eigenvalue weighted by Gasteiger charge is -2.27. The van der Waals surface area contributed by atoms with E-state index in [1.54, 1.807) is 0 Å². The molecular weight excluding hydrogens is 247 g/mol. The topological polar surface area (TPSA) is 51.0 Å². The maximum Gasteiger partial charge on any atom is 0.396 e. The van der Waals surface area contributed by atoms with Gasteiger partial charge in [0.1, 0.15) is 6.42 Å². The van der Waals surface area contributed by atoms with Gasteiger partial charge in [0.2, 0.25) is 5.89 Å². The van der Waals surface area contributed by atoms with E-state index < -0.39 is 12.6 Å². The van der Waals surface area contributed by atoms with Crippen molar-refractivity contribution in [2.75, 3.05) is 6.54 Å². The van der Waals surface area contributed by atoms with Crippen LogP contribution in [0.1, 0.15) is 43.9 Å². The molecule has 0 radical (unpaired) electrons. The van der Waals surface area contributed by atoms with Crippen LogP contribution in [0.2, 0.25) is 0 Å². The average Bonchev–Trinajstić information content (AvgIpc) is 2.75. The zero-order valence-corrected chi connectivity index (χ0v) is 10.1. The lowest BCUT2D eigenvalue weighted by atomic mass is 9.90. The first-order valence-corrected chi connectivity index (χ1v) is 6.10. The molecule has 4 nitrogen and oxygen atoms in total. The van der Waals surface area contributed by atoms with Gasteiger partial charge >= 0.3 is 6.18 Å². The monoisotopic (exact) mass is 263 g/mol. The van der Waals surface area contributed by atoms with Crippen LogP contribution >= 0.6 is 0 Å². The van der Waals surface area contributed by atoms with Crippen LogP contribution in [0.15, 0.2) is 4.52 Å². The minimum atomic E-state index is -4.30. The van der Waals surface area contributed by atoms with E-state index in [0.29, 0.717) is 5.92 Å². The first-order chi connectivity index (χ1) is 8.48. The third-order valence-corrected chi connectivity index (χ3v) is 3.23. The van der Waals surface area contributed by atoms with Gasteiger partial charge in [-0.2, -0.15) is 18.2 Å². The van der Waals surface area contributed by atoms with Crippen molar-refractivity contribution in [1.82, 2.24) is 15.5 Å². The Labute approximate surface area is 103 Å². The van der Waals surface area contributed by atoms with Crippen molar-refractivity contribution in [3.05, 3.63) is 11.7 Å². The van der Waals surface area contributed by atoms with Gasteiger partial charge in [0.05, 0.1) is 6.04 Å². The van der Waals surface area contributed by atoms with Crippen molar-refractivity contribution in [1.29, 1.82) is 0 Å². The molecule has 0 bridgehead atoms. The smallest absolute Gasteiger partial charge is 0.338 e. The second-order valence-corrected chi connectivity index (χ2v) is 4.65. The van der Waals surface area contributed by atoms with Crippen LogP contribution in [-0.4, -0.2) is 22.9 Å². The van der Waals surface area contributed by atoms with Gasteiger partial charge in [-0.05, 0) is 25.3 Å². The molecule has 1 aromatic rings. The van der Waals surface area contributed by atoms with E-state index in [9.17, 15) is 13.2 Å². The first-order valence-electron chi connectivity index (χ1n) is 6.10. The second kappa shape index (κ2) is 5.26. The van der Waals surface area contributed by atoms with E-state index in [4.69, 9.17) is 4.52 Å². The van der Waals surface area contributed by atoms with Crippen LogP contribution in [-0.2, 0) is 6.42 Å². The molecule has 0 aromatic carbocycles. The summed E-state index contributed by atoms with van der Waals surface area (Å²) >= 11 is 0. The van der Waals surface area contributed by atoms with Crippen LogP contribution in [0, 0.1) is 5.92 Å². The average molecular weight is 263 g/mol. The predicted molar refractivity (Wildman–Crippen MR) is 57.8 cm³/mol. The highest BCUT2D eigenvalue weighted by molar-refractivity contribution is 4.96. The Morgan fingerprint density at radius 3 is 2.89 bits per heavy atom. The Bertz CT molecular complexity index is 391. The molecule has 1 N–H and O–H groups in total. The summed E-state index contributed by atoms with van der Waals surface area (Å²) in [5.41, 5.74) is 0. The maximum atomic E-state index is 12.2. The molecule has 7 heteroatoms. The van der Waals surface area contributed by atoms with E-state index in [1.807, 2.05) is 0 Å². The Morgan fingerprint density at radius 1 is 1.44 bits per heavy atom. The van der Waals surface area contributed by atoms with Gasteiger partial charge in [-0.1, -0.05) is 18.5 Å². The Morgan fingerprint density at radius 2 is 2.22 bits per heavy atom. The Balaban J connectivity index is 2.01. The lowest BCUT2D eigenvalue weighted by molar-refractivity contribution is -0.128. The quantitative estimate of drug-likeness (QED) is 0.910. The molecule has 2 rings (SSSR count). The number of nitrogens with one attached hydrogen (secondary N) is 1. The van der Waals surface area contributed by atoms with Gasteiger partial charge in [-0.3, -0.25) is 0 Å². The maximum absolute atomic E-state index is 12.2. The van der Waals surface area contributed by atoms with E-state index in [0.717, 1.165) is 25.8 Å². The summed E-state index contributed by atoms with van der Waals surface area (Å²) in [5, 5.41) is 6.58. The molecule has 18 heavy (non-hydrogen) atoms. The molecule has 1 saturated heterocycles. The molecule has 1 aliphatic heterocycles. The van der Waals surface area contributed by atoms with E-state index >= 15 is 0 Å². The van der Waals surface area contributed by atoms with Gasteiger partial charge < -0.3 is 9.84 Å². The molecule has 1 fully saturated rings. The largest absolute Gasteiger partial charge is 0.396 e. The fraction of sp³-hybridized carbons (Fsp3) is 0.818. The van der Waals surface area contributed by atoms with Crippen LogP contribution in [0.4, 0.5) is 13.2 Å². The molecule has 2 heterocycles. The number of aromatic nitrogens is 2. The van der Waals surface area contributed by atoms with Gasteiger partial charge in [0.25, 0.3) is 0 Å². The number of alkyl halides is 3. The molecule has 2 unspecified atom stereocenters. The second-order valence-electron chi connectivity index (χ2n) is 4.65. The van der Waals surface area contributed by atoms with E-state index in [-0.39, 0.29) is 17.8 Å². The normalized spacial score (nSPS) is 25.3. The van der Waals surface area contributed by atoms with Gasteiger partial charge in [0.15, 0.2) is 5.82 Å². The van der Waals surface area contributed by atoms with Crippen LogP contribution < -0.4 is 5.32 Å². The highest BCUT2D eigenvalue weighted by atomic mass is 19.4. The Hall–Kier alpha value is -1.11. The molecule has 0 amide bonds. The summed E-state index contributed by atoms with van der Waals surface area (Å²) in [6, 6.07) is -0.113. The Kier molecular flexibility index (Phi) is 3.89. The standard InChI is InChI=1S/C11H16F3N3O/c1-2-7-3-4-15-8(5-7)10-16-9(17-18-10)6-11(12,13)14/h7-8,15H,2-6H2,1H3. The molecule has 0 spiro atoms. The molecule has 0 saturated carbocycles. The molecule has 1 aromatic heterocycles. The van der Waals surface area contributed by atoms with E-state index in [1.165, 1.54) is 0 Å². The summed E-state index contributed by atoms with van der Waals surface area (Å²) in [6.07, 6.45) is -2.46. The molecule has 2 atom stereocenters. The van der Waals surface area contributed by atoms with Gasteiger partial charge in [-0.25, -0.2) is 0 Å². The molecule has 102 valence electrons. The summed E-state index contributed by atoms with van der Waals surface area (Å²) in [7, 11) is 0. The molecule has 0 aliphatic carbocycles. The lowest BCUT2D eigenvalue weighted by Crippen LogP contribution is -2.31. The van der Waals surface area contributed by atoms with Gasteiger partial charge in [0, 0.05) is 0 Å². The number of hydrogen-bond donors (Lipinski definition) is 1. The third kappa shape index (κ3) is 3.44. The van der Waals surface area contributed by atoms with Crippen molar-refractivity contribution in [3.8, 4) is 0 Å². The number of nitrogens with zero attached hydrogens (tertiary/aromatic N) is 2. The van der Waals surface area contributed by atoms with Crippen molar-refractivity contribution >= 4 is 0 Å². The minimum absolute atomic E-state index is 0.113. The van der Waals surface area contributed by atoms with Crippen LogP contribution in [0.3, 0.4) is 0 Å². The number of piperidine rings is 1. The highest BCUT2D eigenvalue weighted by Crippen LogP contribution is 2.28. The van der Waals surface area contributed by atoms with Crippen LogP contribution in [0.5, 0.6) is 0 Å². The summed E-state index contributed by atoms with van der Waals surface area (Å²) < 4.78 is 41.4. The fourth-order valence-corrected chi connectivity index (χ4v) is 2.22. The number of hydrogen-bond acceptors (Lipinski definition) is 4. The van der Waals surface area contributed by atoms with Crippen molar-refractivity contribution in [2.24, 2.45) is 5.92 Å². The van der Waals surface area contributed by atoms with E-state index in [2.05, 4.69) is 22.4 Å². The van der Waals surface area contributed by atoms with Crippen molar-refractivity contribution in [2.45, 2.75) is 44.8 Å². The number of rotatable bonds is 3. The fourth-order valence-electron chi connectivity index (χ4n) is 2.22. The first kappa shape index (κ1) is 13.3. The summed E-state index contributed by atoms with van der Waals surface area (Å²) in [5.74, 6) is 0.541. The summed E-state index contributed by atoms with van der Waals surface area (Å²) in [4.78, 5) is 3.83. The molecular formula is C11H16F3N3O. The predicted octanol–water partition coefficient (Wildman–Crippen LogP) is 2.63. The van der Waals surface area contributed by atoms with Crippen LogP contribution in [0.25, 0.3) is 0 Å². The summed E-state index contributed by atoms with van der Waals surface area (Å²) in [6.45, 7) is 2.94. The van der Waals surface area contributed by atoms with Crippen molar-refractivity contribution in [3.63, 3.8) is 0 Å². The highest BCUT2D eigenvalue weighted by Gasteiger charge is 2.32. The zero-order valence-electron chi connectivity index (χ0n) is 10.1. The zero-order chi connectivity index (χ0) is 13.2. The minimum Gasteiger partial charge on any atom is -0.338 e. The number of halogens is 3. The third-order valence-electron chi connectivity index (χ3n) is 3.23. The molecule has 1 aliphatic rings.